The Kier molecular flexibility index (Phi) is 4.18. The Morgan fingerprint density at radius 3 is 2.71 bits per heavy atom. The van der Waals surface area contributed by atoms with E-state index in [-0.39, 0.29) is 0 Å². The molecule has 1 fully saturated rings. The zero-order chi connectivity index (χ0) is 10.6. The maximum Gasteiger partial charge on any atom is 0.0132 e. The van der Waals surface area contributed by atoms with E-state index in [1.165, 1.54) is 25.7 Å². The van der Waals surface area contributed by atoms with Crippen molar-refractivity contribution >= 4 is 0 Å². The van der Waals surface area contributed by atoms with E-state index in [0.717, 1.165) is 12.3 Å². The minimum atomic E-state index is 0.509. The molecule has 1 nitrogen and oxygen atoms in total. The second-order valence-corrected chi connectivity index (χ2v) is 5.26. The normalized spacial score (nSPS) is 28.4. The Balaban J connectivity index is 2.65. The highest BCUT2D eigenvalue weighted by Crippen LogP contribution is 2.42. The zero-order valence-electron chi connectivity index (χ0n) is 9.97. The predicted octanol–water partition coefficient (Wildman–Crippen LogP) is 3.37. The topological polar surface area (TPSA) is 12.0 Å². The van der Waals surface area contributed by atoms with E-state index >= 15 is 0 Å². The van der Waals surface area contributed by atoms with Gasteiger partial charge in [-0.25, -0.2) is 0 Å². The molecular weight excluding hydrogens is 170 g/mol. The van der Waals surface area contributed by atoms with Gasteiger partial charge in [-0.05, 0) is 37.6 Å². The molecule has 0 saturated heterocycles. The number of hydrogen-bond acceptors (Lipinski definition) is 1. The van der Waals surface area contributed by atoms with Crippen LogP contribution in [0.3, 0.4) is 0 Å². The number of rotatable bonds is 4. The van der Waals surface area contributed by atoms with Gasteiger partial charge >= 0.3 is 0 Å². The van der Waals surface area contributed by atoms with Crippen molar-refractivity contribution in [1.82, 2.24) is 5.32 Å². The van der Waals surface area contributed by atoms with E-state index in [2.05, 4.69) is 32.8 Å². The summed E-state index contributed by atoms with van der Waals surface area (Å²) in [5, 5.41) is 3.46. The molecule has 0 aliphatic heterocycles. The Bertz CT molecular complexity index is 184. The van der Waals surface area contributed by atoms with Crippen LogP contribution in [0.25, 0.3) is 0 Å². The first-order chi connectivity index (χ1) is 6.61. The van der Waals surface area contributed by atoms with Gasteiger partial charge in [0.05, 0.1) is 0 Å². The van der Waals surface area contributed by atoms with Crippen LogP contribution in [0.5, 0.6) is 0 Å². The third kappa shape index (κ3) is 2.60. The van der Waals surface area contributed by atoms with Crippen LogP contribution in [0, 0.1) is 11.3 Å². The van der Waals surface area contributed by atoms with Gasteiger partial charge in [0, 0.05) is 6.04 Å². The first kappa shape index (κ1) is 11.8. The molecule has 2 atom stereocenters. The summed E-state index contributed by atoms with van der Waals surface area (Å²) in [5.41, 5.74) is 0.509. The summed E-state index contributed by atoms with van der Waals surface area (Å²) in [6.45, 7) is 8.69. The summed E-state index contributed by atoms with van der Waals surface area (Å²) in [6.07, 6.45) is 8.73. The Hall–Kier alpha value is -0.300. The fourth-order valence-electron chi connectivity index (χ4n) is 2.93. The van der Waals surface area contributed by atoms with E-state index in [4.69, 9.17) is 0 Å². The van der Waals surface area contributed by atoms with Crippen LogP contribution in [0.2, 0.25) is 0 Å². The zero-order valence-corrected chi connectivity index (χ0v) is 9.97. The first-order valence-corrected chi connectivity index (χ1v) is 5.90. The largest absolute Gasteiger partial charge is 0.316 e. The SMILES string of the molecule is C=CCC(NC)C1CCCCC1(C)C. The molecule has 1 rings (SSSR count). The molecule has 82 valence electrons. The van der Waals surface area contributed by atoms with Crippen molar-refractivity contribution in [1.29, 1.82) is 0 Å². The maximum atomic E-state index is 3.85. The molecule has 0 spiro atoms. The Morgan fingerprint density at radius 2 is 2.21 bits per heavy atom. The Labute approximate surface area is 89.0 Å². The van der Waals surface area contributed by atoms with Crippen LogP contribution in [-0.4, -0.2) is 13.1 Å². The summed E-state index contributed by atoms with van der Waals surface area (Å²) in [4.78, 5) is 0. The van der Waals surface area contributed by atoms with Gasteiger partial charge in [0.1, 0.15) is 0 Å². The molecule has 0 bridgehead atoms. The van der Waals surface area contributed by atoms with E-state index in [1.807, 2.05) is 6.08 Å². The summed E-state index contributed by atoms with van der Waals surface area (Å²) in [7, 11) is 2.08. The summed E-state index contributed by atoms with van der Waals surface area (Å²) < 4.78 is 0. The molecule has 0 aromatic carbocycles. The molecule has 0 heterocycles. The smallest absolute Gasteiger partial charge is 0.0132 e. The van der Waals surface area contributed by atoms with Gasteiger partial charge < -0.3 is 5.32 Å². The first-order valence-electron chi connectivity index (χ1n) is 5.90. The number of hydrogen-bond donors (Lipinski definition) is 1. The monoisotopic (exact) mass is 195 g/mol. The summed E-state index contributed by atoms with van der Waals surface area (Å²) in [6, 6.07) is 0.628. The van der Waals surface area contributed by atoms with Crippen LogP contribution >= 0.6 is 0 Å². The van der Waals surface area contributed by atoms with Gasteiger partial charge in [0.15, 0.2) is 0 Å². The van der Waals surface area contributed by atoms with Crippen molar-refractivity contribution in [3.8, 4) is 0 Å². The fraction of sp³-hybridized carbons (Fsp3) is 0.846. The van der Waals surface area contributed by atoms with E-state index < -0.39 is 0 Å². The van der Waals surface area contributed by atoms with Crippen LogP contribution < -0.4 is 5.32 Å². The molecule has 1 N–H and O–H groups in total. The standard InChI is InChI=1S/C13H25N/c1-5-8-12(14-4)11-9-6-7-10-13(11,2)3/h5,11-12,14H,1,6-10H2,2-4H3. The van der Waals surface area contributed by atoms with E-state index in [1.54, 1.807) is 0 Å². The maximum absolute atomic E-state index is 3.85. The molecule has 2 unspecified atom stereocenters. The molecule has 1 aliphatic rings. The minimum Gasteiger partial charge on any atom is -0.316 e. The van der Waals surface area contributed by atoms with Crippen molar-refractivity contribution in [3.05, 3.63) is 12.7 Å². The molecule has 0 radical (unpaired) electrons. The van der Waals surface area contributed by atoms with E-state index in [9.17, 15) is 0 Å². The molecule has 0 aromatic heterocycles. The Morgan fingerprint density at radius 1 is 1.50 bits per heavy atom. The molecule has 1 saturated carbocycles. The lowest BCUT2D eigenvalue weighted by atomic mass is 9.65. The van der Waals surface area contributed by atoms with Gasteiger partial charge in [-0.2, -0.15) is 0 Å². The van der Waals surface area contributed by atoms with Crippen molar-refractivity contribution in [2.24, 2.45) is 11.3 Å². The second-order valence-electron chi connectivity index (χ2n) is 5.26. The fourth-order valence-corrected chi connectivity index (χ4v) is 2.93. The lowest BCUT2D eigenvalue weighted by molar-refractivity contribution is 0.102. The van der Waals surface area contributed by atoms with Crippen molar-refractivity contribution in [2.75, 3.05) is 7.05 Å². The second kappa shape index (κ2) is 4.97. The minimum absolute atomic E-state index is 0.509. The summed E-state index contributed by atoms with van der Waals surface area (Å²) in [5.74, 6) is 0.819. The third-order valence-electron chi connectivity index (χ3n) is 3.87. The van der Waals surface area contributed by atoms with Crippen LogP contribution in [0.15, 0.2) is 12.7 Å². The van der Waals surface area contributed by atoms with Gasteiger partial charge in [0.2, 0.25) is 0 Å². The highest BCUT2D eigenvalue weighted by Gasteiger charge is 2.36. The van der Waals surface area contributed by atoms with Crippen LogP contribution in [0.4, 0.5) is 0 Å². The lowest BCUT2D eigenvalue weighted by Gasteiger charge is -2.43. The average Bonchev–Trinajstić information content (AvgIpc) is 2.14. The van der Waals surface area contributed by atoms with Crippen molar-refractivity contribution < 1.29 is 0 Å². The average molecular weight is 195 g/mol. The van der Waals surface area contributed by atoms with Gasteiger partial charge in [-0.3, -0.25) is 0 Å². The van der Waals surface area contributed by atoms with Crippen molar-refractivity contribution in [2.45, 2.75) is 52.0 Å². The quantitative estimate of drug-likeness (QED) is 0.678. The molecule has 1 heteroatoms. The highest BCUT2D eigenvalue weighted by molar-refractivity contribution is 4.92. The van der Waals surface area contributed by atoms with Crippen LogP contribution in [0.1, 0.15) is 46.0 Å². The summed E-state index contributed by atoms with van der Waals surface area (Å²) >= 11 is 0. The van der Waals surface area contributed by atoms with Gasteiger partial charge in [-0.1, -0.05) is 32.8 Å². The highest BCUT2D eigenvalue weighted by atomic mass is 14.9. The van der Waals surface area contributed by atoms with Crippen molar-refractivity contribution in [3.63, 3.8) is 0 Å². The molecular formula is C13H25N. The predicted molar refractivity (Wildman–Crippen MR) is 63.4 cm³/mol. The van der Waals surface area contributed by atoms with Gasteiger partial charge in [0.25, 0.3) is 0 Å². The number of nitrogens with one attached hydrogen (secondary N) is 1. The molecule has 14 heavy (non-hydrogen) atoms. The third-order valence-corrected chi connectivity index (χ3v) is 3.87. The molecule has 1 aliphatic carbocycles. The van der Waals surface area contributed by atoms with Gasteiger partial charge in [-0.15, -0.1) is 6.58 Å². The van der Waals surface area contributed by atoms with Crippen LogP contribution in [-0.2, 0) is 0 Å². The molecule has 0 aromatic rings. The lowest BCUT2D eigenvalue weighted by Crippen LogP contribution is -2.43. The van der Waals surface area contributed by atoms with E-state index in [0.29, 0.717) is 11.5 Å². The molecule has 0 amide bonds.